The van der Waals surface area contributed by atoms with E-state index in [2.05, 4.69) is 10.3 Å². The molecule has 0 saturated heterocycles. The van der Waals surface area contributed by atoms with Crippen LogP contribution in [0.4, 0.5) is 0 Å². The van der Waals surface area contributed by atoms with E-state index in [1.807, 2.05) is 41.2 Å². The highest BCUT2D eigenvalue weighted by Gasteiger charge is 2.01. The lowest BCUT2D eigenvalue weighted by Crippen LogP contribution is -2.26. The maximum atomic E-state index is 11.5. The number of rotatable bonds is 4. The van der Waals surface area contributed by atoms with Crippen LogP contribution in [0.3, 0.4) is 0 Å². The molecule has 1 amide bonds. The number of nitrogens with one attached hydrogen (secondary N) is 1. The molecule has 0 aromatic carbocycles. The number of pyridine rings is 1. The first-order valence-corrected chi connectivity index (χ1v) is 5.11. The molecule has 0 aliphatic rings. The van der Waals surface area contributed by atoms with Crippen molar-refractivity contribution in [2.75, 3.05) is 0 Å². The van der Waals surface area contributed by atoms with Crippen LogP contribution in [0.1, 0.15) is 5.56 Å². The van der Waals surface area contributed by atoms with E-state index in [0.29, 0.717) is 13.1 Å². The standard InChI is InChI=1S/C12H13N3O/c16-12(10-15-6-1-2-7-15)14-9-11-4-3-5-13-8-11/h1-8H,9-10H2,(H,14,16). The molecule has 0 bridgehead atoms. The van der Waals surface area contributed by atoms with Gasteiger partial charge in [0.2, 0.25) is 5.91 Å². The summed E-state index contributed by atoms with van der Waals surface area (Å²) in [6.45, 7) is 0.876. The van der Waals surface area contributed by atoms with E-state index in [4.69, 9.17) is 0 Å². The SMILES string of the molecule is O=C(Cn1cccc1)NCc1cccnc1. The molecule has 82 valence electrons. The third kappa shape index (κ3) is 2.95. The molecule has 0 saturated carbocycles. The van der Waals surface area contributed by atoms with Gasteiger partial charge in [-0.15, -0.1) is 0 Å². The van der Waals surface area contributed by atoms with Crippen molar-refractivity contribution in [1.82, 2.24) is 14.9 Å². The van der Waals surface area contributed by atoms with Gasteiger partial charge in [-0.2, -0.15) is 0 Å². The Bertz CT molecular complexity index is 437. The van der Waals surface area contributed by atoms with Crippen molar-refractivity contribution in [1.29, 1.82) is 0 Å². The quantitative estimate of drug-likeness (QED) is 0.833. The Morgan fingerprint density at radius 2 is 2.12 bits per heavy atom. The second-order valence-electron chi connectivity index (χ2n) is 3.49. The molecule has 0 aliphatic carbocycles. The van der Waals surface area contributed by atoms with E-state index in [9.17, 15) is 4.79 Å². The maximum absolute atomic E-state index is 11.5. The normalized spacial score (nSPS) is 10.0. The minimum atomic E-state index is 0.0000491. The second kappa shape index (κ2) is 5.11. The Morgan fingerprint density at radius 1 is 1.31 bits per heavy atom. The Kier molecular flexibility index (Phi) is 3.33. The van der Waals surface area contributed by atoms with E-state index in [1.54, 1.807) is 12.4 Å². The van der Waals surface area contributed by atoms with Gasteiger partial charge >= 0.3 is 0 Å². The van der Waals surface area contributed by atoms with Crippen molar-refractivity contribution >= 4 is 5.91 Å². The van der Waals surface area contributed by atoms with Crippen LogP contribution >= 0.6 is 0 Å². The number of carbonyl (C=O) groups excluding carboxylic acids is 1. The van der Waals surface area contributed by atoms with Crippen molar-refractivity contribution in [3.63, 3.8) is 0 Å². The molecule has 0 radical (unpaired) electrons. The van der Waals surface area contributed by atoms with Crippen LogP contribution in [0.5, 0.6) is 0 Å². The van der Waals surface area contributed by atoms with Crippen LogP contribution < -0.4 is 5.32 Å². The summed E-state index contributed by atoms with van der Waals surface area (Å²) in [4.78, 5) is 15.5. The predicted molar refractivity (Wildman–Crippen MR) is 60.5 cm³/mol. The zero-order valence-electron chi connectivity index (χ0n) is 8.84. The first kappa shape index (κ1) is 10.4. The lowest BCUT2D eigenvalue weighted by Gasteiger charge is -2.05. The lowest BCUT2D eigenvalue weighted by atomic mass is 10.3. The van der Waals surface area contributed by atoms with Crippen LogP contribution in [-0.4, -0.2) is 15.5 Å². The van der Waals surface area contributed by atoms with Crippen LogP contribution in [0.15, 0.2) is 49.1 Å². The van der Waals surface area contributed by atoms with Gasteiger partial charge in [0.1, 0.15) is 6.54 Å². The van der Waals surface area contributed by atoms with Gasteiger partial charge < -0.3 is 9.88 Å². The Labute approximate surface area is 93.9 Å². The van der Waals surface area contributed by atoms with Crippen molar-refractivity contribution in [2.45, 2.75) is 13.1 Å². The molecule has 0 unspecified atom stereocenters. The Balaban J connectivity index is 1.80. The molecule has 1 N–H and O–H groups in total. The van der Waals surface area contributed by atoms with Crippen LogP contribution in [0, 0.1) is 0 Å². The third-order valence-corrected chi connectivity index (χ3v) is 2.20. The molecular weight excluding hydrogens is 202 g/mol. The summed E-state index contributed by atoms with van der Waals surface area (Å²) in [7, 11) is 0. The molecule has 4 heteroatoms. The number of carbonyl (C=O) groups is 1. The minimum absolute atomic E-state index is 0.0000491. The lowest BCUT2D eigenvalue weighted by molar-refractivity contribution is -0.121. The highest BCUT2D eigenvalue weighted by molar-refractivity contribution is 5.75. The van der Waals surface area contributed by atoms with Gasteiger partial charge in [-0.25, -0.2) is 0 Å². The average molecular weight is 215 g/mol. The van der Waals surface area contributed by atoms with Gasteiger partial charge in [-0.3, -0.25) is 9.78 Å². The van der Waals surface area contributed by atoms with Crippen LogP contribution in [-0.2, 0) is 17.9 Å². The monoisotopic (exact) mass is 215 g/mol. The zero-order valence-corrected chi connectivity index (χ0v) is 8.84. The summed E-state index contributed by atoms with van der Waals surface area (Å²) in [6, 6.07) is 7.58. The van der Waals surface area contributed by atoms with Crippen molar-refractivity contribution in [3.05, 3.63) is 54.6 Å². The van der Waals surface area contributed by atoms with Crippen molar-refractivity contribution in [2.24, 2.45) is 0 Å². The summed E-state index contributed by atoms with van der Waals surface area (Å²) in [5.41, 5.74) is 1.00. The fourth-order valence-electron chi connectivity index (χ4n) is 1.40. The molecule has 0 fully saturated rings. The van der Waals surface area contributed by atoms with Crippen molar-refractivity contribution < 1.29 is 4.79 Å². The largest absolute Gasteiger partial charge is 0.350 e. The van der Waals surface area contributed by atoms with Gasteiger partial charge in [0.05, 0.1) is 0 Å². The minimum Gasteiger partial charge on any atom is -0.350 e. The molecule has 4 nitrogen and oxygen atoms in total. The second-order valence-corrected chi connectivity index (χ2v) is 3.49. The van der Waals surface area contributed by atoms with E-state index < -0.39 is 0 Å². The third-order valence-electron chi connectivity index (χ3n) is 2.20. The summed E-state index contributed by atoms with van der Waals surface area (Å²) in [5, 5.41) is 2.84. The molecule has 0 spiro atoms. The van der Waals surface area contributed by atoms with Gasteiger partial charge in [-0.1, -0.05) is 6.07 Å². The van der Waals surface area contributed by atoms with E-state index in [0.717, 1.165) is 5.56 Å². The molecule has 0 atom stereocenters. The van der Waals surface area contributed by atoms with E-state index in [1.165, 1.54) is 0 Å². The van der Waals surface area contributed by atoms with E-state index in [-0.39, 0.29) is 5.91 Å². The zero-order chi connectivity index (χ0) is 11.2. The number of hydrogen-bond donors (Lipinski definition) is 1. The Morgan fingerprint density at radius 3 is 2.81 bits per heavy atom. The number of nitrogens with zero attached hydrogens (tertiary/aromatic N) is 2. The topological polar surface area (TPSA) is 46.9 Å². The molecular formula is C12H13N3O. The predicted octanol–water partition coefficient (Wildman–Crippen LogP) is 1.20. The highest BCUT2D eigenvalue weighted by atomic mass is 16.1. The fourth-order valence-corrected chi connectivity index (χ4v) is 1.40. The molecule has 2 heterocycles. The number of hydrogen-bond acceptors (Lipinski definition) is 2. The summed E-state index contributed by atoms with van der Waals surface area (Å²) >= 11 is 0. The summed E-state index contributed by atoms with van der Waals surface area (Å²) < 4.78 is 1.83. The highest BCUT2D eigenvalue weighted by Crippen LogP contribution is 1.95. The van der Waals surface area contributed by atoms with Crippen LogP contribution in [0.2, 0.25) is 0 Å². The van der Waals surface area contributed by atoms with Crippen LogP contribution in [0.25, 0.3) is 0 Å². The average Bonchev–Trinajstić information content (AvgIpc) is 2.81. The number of amides is 1. The Hall–Kier alpha value is -2.10. The summed E-state index contributed by atoms with van der Waals surface area (Å²) in [5.74, 6) is 0.0000491. The first-order chi connectivity index (χ1) is 7.84. The smallest absolute Gasteiger partial charge is 0.240 e. The van der Waals surface area contributed by atoms with Crippen molar-refractivity contribution in [3.8, 4) is 0 Å². The van der Waals surface area contributed by atoms with E-state index >= 15 is 0 Å². The van der Waals surface area contributed by atoms with Gasteiger partial charge in [0.25, 0.3) is 0 Å². The van der Waals surface area contributed by atoms with Gasteiger partial charge in [0.15, 0.2) is 0 Å². The van der Waals surface area contributed by atoms with Gasteiger partial charge in [0, 0.05) is 31.3 Å². The molecule has 2 rings (SSSR count). The molecule has 2 aromatic rings. The molecule has 0 aliphatic heterocycles. The molecule has 16 heavy (non-hydrogen) atoms. The first-order valence-electron chi connectivity index (χ1n) is 5.11. The fraction of sp³-hybridized carbons (Fsp3) is 0.167. The van der Waals surface area contributed by atoms with Gasteiger partial charge in [-0.05, 0) is 23.8 Å². The maximum Gasteiger partial charge on any atom is 0.240 e. The number of aromatic nitrogens is 2. The molecule has 2 aromatic heterocycles. The summed E-state index contributed by atoms with van der Waals surface area (Å²) in [6.07, 6.45) is 7.19.